The lowest BCUT2D eigenvalue weighted by molar-refractivity contribution is 0.228. The summed E-state index contributed by atoms with van der Waals surface area (Å²) in [5.74, 6) is 2.54. The largest absolute Gasteiger partial charge is 0.506 e. The molecule has 6 nitrogen and oxygen atoms in total. The molecule has 1 atom stereocenters. The molecule has 2 aromatic heterocycles. The van der Waals surface area contributed by atoms with Crippen LogP contribution < -0.4 is 0 Å². The summed E-state index contributed by atoms with van der Waals surface area (Å²) in [5, 5.41) is 19.1. The predicted octanol–water partition coefficient (Wildman–Crippen LogP) is 2.75. The Morgan fingerprint density at radius 3 is 2.96 bits per heavy atom. The van der Waals surface area contributed by atoms with Gasteiger partial charge in [0.2, 0.25) is 0 Å². The maximum atomic E-state index is 10.1. The summed E-state index contributed by atoms with van der Waals surface area (Å²) in [6.45, 7) is 4.68. The van der Waals surface area contributed by atoms with E-state index in [2.05, 4.69) is 24.6 Å². The number of likely N-dealkylation sites (tertiary alicyclic amines) is 1. The highest BCUT2D eigenvalue weighted by atomic mass is 16.3. The van der Waals surface area contributed by atoms with Crippen LogP contribution in [0.3, 0.4) is 0 Å². The summed E-state index contributed by atoms with van der Waals surface area (Å²) >= 11 is 0. The molecule has 1 saturated heterocycles. The first kappa shape index (κ1) is 15.6. The van der Waals surface area contributed by atoms with Crippen molar-refractivity contribution in [1.82, 2.24) is 24.6 Å². The van der Waals surface area contributed by atoms with Gasteiger partial charge in [-0.25, -0.2) is 0 Å². The molecule has 1 fully saturated rings. The van der Waals surface area contributed by atoms with E-state index in [1.165, 1.54) is 19.3 Å². The van der Waals surface area contributed by atoms with Crippen molar-refractivity contribution in [2.24, 2.45) is 0 Å². The quantitative estimate of drug-likeness (QED) is 0.939. The van der Waals surface area contributed by atoms with E-state index < -0.39 is 0 Å². The fraction of sp³-hybridized carbons (Fsp3) is 0.611. The van der Waals surface area contributed by atoms with Crippen LogP contribution in [-0.2, 0) is 19.5 Å². The van der Waals surface area contributed by atoms with Gasteiger partial charge in [0.15, 0.2) is 0 Å². The average Bonchev–Trinajstić information content (AvgIpc) is 3.11. The minimum absolute atomic E-state index is 0.283. The Morgan fingerprint density at radius 1 is 1.12 bits per heavy atom. The molecule has 4 heterocycles. The van der Waals surface area contributed by atoms with Gasteiger partial charge in [-0.15, -0.1) is 10.2 Å². The first-order valence-electron chi connectivity index (χ1n) is 9.04. The lowest BCUT2D eigenvalue weighted by Crippen LogP contribution is -2.26. The van der Waals surface area contributed by atoms with E-state index >= 15 is 0 Å². The number of hydrogen-bond acceptors (Lipinski definition) is 5. The Hall–Kier alpha value is -1.95. The van der Waals surface area contributed by atoms with Gasteiger partial charge in [-0.2, -0.15) is 0 Å². The molecule has 1 N–H and O–H groups in total. The number of pyridine rings is 1. The summed E-state index contributed by atoms with van der Waals surface area (Å²) in [5.41, 5.74) is 1.70. The predicted molar refractivity (Wildman–Crippen MR) is 90.6 cm³/mol. The topological polar surface area (TPSA) is 67.1 Å². The van der Waals surface area contributed by atoms with E-state index in [-0.39, 0.29) is 11.8 Å². The van der Waals surface area contributed by atoms with Crippen LogP contribution in [0.5, 0.6) is 5.75 Å². The van der Waals surface area contributed by atoms with Crippen LogP contribution in [0.1, 0.15) is 61.2 Å². The Balaban J connectivity index is 1.59. The van der Waals surface area contributed by atoms with E-state index in [1.54, 1.807) is 6.07 Å². The van der Waals surface area contributed by atoms with Crippen LogP contribution in [0, 0.1) is 6.92 Å². The number of aryl methyl sites for hydroxylation is 2. The summed E-state index contributed by atoms with van der Waals surface area (Å²) in [4.78, 5) is 6.91. The first-order chi connectivity index (χ1) is 11.7. The highest BCUT2D eigenvalue weighted by molar-refractivity contribution is 5.27. The Bertz CT molecular complexity index is 726. The SMILES string of the molecule is Cc1ccc(O)c(CN2CCCC2c2nnc3n2CCCCC3)n1. The van der Waals surface area contributed by atoms with E-state index in [0.717, 1.165) is 55.4 Å². The molecular weight excluding hydrogens is 302 g/mol. The maximum Gasteiger partial charge on any atom is 0.150 e. The van der Waals surface area contributed by atoms with Crippen LogP contribution in [0.15, 0.2) is 12.1 Å². The van der Waals surface area contributed by atoms with Gasteiger partial charge in [0.1, 0.15) is 17.4 Å². The van der Waals surface area contributed by atoms with Crippen molar-refractivity contribution in [3.8, 4) is 5.75 Å². The molecule has 1 unspecified atom stereocenters. The number of aromatic hydroxyl groups is 1. The molecule has 2 aliphatic rings. The highest BCUT2D eigenvalue weighted by Crippen LogP contribution is 2.34. The maximum absolute atomic E-state index is 10.1. The van der Waals surface area contributed by atoms with Gasteiger partial charge < -0.3 is 9.67 Å². The number of rotatable bonds is 3. The van der Waals surface area contributed by atoms with Crippen LogP contribution >= 0.6 is 0 Å². The lowest BCUT2D eigenvalue weighted by atomic mass is 10.2. The van der Waals surface area contributed by atoms with Crippen molar-refractivity contribution in [2.45, 2.75) is 64.6 Å². The summed E-state index contributed by atoms with van der Waals surface area (Å²) < 4.78 is 2.35. The molecule has 0 bridgehead atoms. The number of aromatic nitrogens is 4. The van der Waals surface area contributed by atoms with E-state index in [9.17, 15) is 5.11 Å². The molecule has 0 aromatic carbocycles. The molecule has 24 heavy (non-hydrogen) atoms. The van der Waals surface area contributed by atoms with Crippen molar-refractivity contribution in [3.63, 3.8) is 0 Å². The smallest absolute Gasteiger partial charge is 0.150 e. The highest BCUT2D eigenvalue weighted by Gasteiger charge is 2.32. The van der Waals surface area contributed by atoms with Crippen molar-refractivity contribution < 1.29 is 5.11 Å². The second-order valence-electron chi connectivity index (χ2n) is 6.98. The molecule has 0 spiro atoms. The van der Waals surface area contributed by atoms with E-state index in [0.29, 0.717) is 6.54 Å². The minimum Gasteiger partial charge on any atom is -0.506 e. The normalized spacial score (nSPS) is 21.6. The van der Waals surface area contributed by atoms with Gasteiger partial charge in [0, 0.05) is 25.2 Å². The van der Waals surface area contributed by atoms with Gasteiger partial charge in [-0.3, -0.25) is 9.88 Å². The van der Waals surface area contributed by atoms with Gasteiger partial charge in [0.25, 0.3) is 0 Å². The third-order valence-electron chi connectivity index (χ3n) is 5.24. The van der Waals surface area contributed by atoms with Gasteiger partial charge in [0.05, 0.1) is 11.7 Å². The summed E-state index contributed by atoms with van der Waals surface area (Å²) in [6, 6.07) is 3.87. The Labute approximate surface area is 142 Å². The van der Waals surface area contributed by atoms with Gasteiger partial charge in [-0.05, 0) is 51.3 Å². The van der Waals surface area contributed by atoms with Gasteiger partial charge >= 0.3 is 0 Å². The van der Waals surface area contributed by atoms with Crippen LogP contribution in [0.2, 0.25) is 0 Å². The Kier molecular flexibility index (Phi) is 4.22. The first-order valence-corrected chi connectivity index (χ1v) is 9.04. The van der Waals surface area contributed by atoms with Crippen LogP contribution in [-0.4, -0.2) is 36.3 Å². The number of fused-ring (bicyclic) bond motifs is 1. The second kappa shape index (κ2) is 6.51. The Morgan fingerprint density at radius 2 is 2.04 bits per heavy atom. The zero-order chi connectivity index (χ0) is 16.5. The number of nitrogens with zero attached hydrogens (tertiary/aromatic N) is 5. The van der Waals surface area contributed by atoms with Gasteiger partial charge in [-0.1, -0.05) is 6.42 Å². The minimum atomic E-state index is 0.283. The van der Waals surface area contributed by atoms with E-state index in [4.69, 9.17) is 0 Å². The molecule has 0 amide bonds. The monoisotopic (exact) mass is 327 g/mol. The van der Waals surface area contributed by atoms with Crippen molar-refractivity contribution in [2.75, 3.05) is 6.54 Å². The summed E-state index contributed by atoms with van der Waals surface area (Å²) in [7, 11) is 0. The molecule has 2 aromatic rings. The molecule has 0 radical (unpaired) electrons. The lowest BCUT2D eigenvalue weighted by Gasteiger charge is -2.24. The molecule has 4 rings (SSSR count). The standard InChI is InChI=1S/C18H25N5O/c1-13-8-9-16(24)14(19-13)12-22-10-5-6-15(22)18-21-20-17-7-3-2-4-11-23(17)18/h8-9,15,24H,2-7,10-12H2,1H3. The molecule has 0 aliphatic carbocycles. The van der Waals surface area contributed by atoms with Crippen LogP contribution in [0.25, 0.3) is 0 Å². The fourth-order valence-corrected chi connectivity index (χ4v) is 3.97. The van der Waals surface area contributed by atoms with Crippen molar-refractivity contribution in [1.29, 1.82) is 0 Å². The second-order valence-corrected chi connectivity index (χ2v) is 6.98. The van der Waals surface area contributed by atoms with Crippen molar-refractivity contribution in [3.05, 3.63) is 35.2 Å². The number of hydrogen-bond donors (Lipinski definition) is 1. The van der Waals surface area contributed by atoms with Crippen LogP contribution in [0.4, 0.5) is 0 Å². The molecule has 6 heteroatoms. The molecular formula is C18H25N5O. The zero-order valence-corrected chi connectivity index (χ0v) is 14.3. The fourth-order valence-electron chi connectivity index (χ4n) is 3.97. The average molecular weight is 327 g/mol. The third-order valence-corrected chi connectivity index (χ3v) is 5.24. The summed E-state index contributed by atoms with van der Waals surface area (Å²) in [6.07, 6.45) is 7.00. The van der Waals surface area contributed by atoms with E-state index in [1.807, 2.05) is 13.0 Å². The molecule has 128 valence electrons. The molecule has 2 aliphatic heterocycles. The third kappa shape index (κ3) is 2.90. The van der Waals surface area contributed by atoms with Crippen molar-refractivity contribution >= 4 is 0 Å². The zero-order valence-electron chi connectivity index (χ0n) is 14.3. The molecule has 0 saturated carbocycles.